The van der Waals surface area contributed by atoms with Crippen LogP contribution in [-0.2, 0) is 9.59 Å². The van der Waals surface area contributed by atoms with E-state index in [-0.39, 0.29) is 30.9 Å². The van der Waals surface area contributed by atoms with Gasteiger partial charge in [0.05, 0.1) is 11.4 Å². The zero-order valence-electron chi connectivity index (χ0n) is 17.6. The zero-order valence-corrected chi connectivity index (χ0v) is 18.4. The smallest absolute Gasteiger partial charge is 0.277 e. The maximum absolute atomic E-state index is 12.7. The average Bonchev–Trinajstić information content (AvgIpc) is 3.26. The minimum Gasteiger partial charge on any atom is -0.332 e. The summed E-state index contributed by atoms with van der Waals surface area (Å²) in [5.41, 5.74) is 4.02. The molecule has 0 aliphatic carbocycles. The Morgan fingerprint density at radius 2 is 1.83 bits per heavy atom. The fourth-order valence-corrected chi connectivity index (χ4v) is 4.13. The lowest BCUT2D eigenvalue weighted by Gasteiger charge is -2.19. The molecule has 0 aliphatic rings. The summed E-state index contributed by atoms with van der Waals surface area (Å²) in [6, 6.07) is 20.3. The maximum Gasteiger partial charge on any atom is 0.277 e. The van der Waals surface area contributed by atoms with Gasteiger partial charge in [0.25, 0.3) is 5.91 Å². The van der Waals surface area contributed by atoms with Gasteiger partial charge in [0, 0.05) is 18.3 Å². The first-order valence-corrected chi connectivity index (χ1v) is 10.8. The number of amides is 2. The van der Waals surface area contributed by atoms with Gasteiger partial charge in [-0.3, -0.25) is 9.59 Å². The SMILES string of the molecule is Cc1ccc(C)c(NC(=O)CN(C)C(=O)C[NH2+][C@H](c2ccccc2)c2cccs2)c1. The molecule has 1 heterocycles. The summed E-state index contributed by atoms with van der Waals surface area (Å²) in [5.74, 6) is -0.277. The van der Waals surface area contributed by atoms with E-state index in [1.807, 2.05) is 67.0 Å². The van der Waals surface area contributed by atoms with Crippen LogP contribution in [0.4, 0.5) is 5.69 Å². The molecule has 6 heteroatoms. The van der Waals surface area contributed by atoms with E-state index in [1.165, 1.54) is 9.78 Å². The summed E-state index contributed by atoms with van der Waals surface area (Å²) in [7, 11) is 1.67. The number of nitrogens with one attached hydrogen (secondary N) is 1. The summed E-state index contributed by atoms with van der Waals surface area (Å²) in [6.45, 7) is 4.23. The molecule has 0 aliphatic heterocycles. The lowest BCUT2D eigenvalue weighted by atomic mass is 10.1. The van der Waals surface area contributed by atoms with E-state index in [0.29, 0.717) is 0 Å². The highest BCUT2D eigenvalue weighted by molar-refractivity contribution is 7.10. The van der Waals surface area contributed by atoms with Gasteiger partial charge < -0.3 is 15.5 Å². The molecule has 3 aromatic rings. The molecule has 0 radical (unpaired) electrons. The topological polar surface area (TPSA) is 66.0 Å². The number of hydrogen-bond donors (Lipinski definition) is 2. The highest BCUT2D eigenvalue weighted by Crippen LogP contribution is 2.22. The molecule has 0 spiro atoms. The summed E-state index contributed by atoms with van der Waals surface area (Å²) in [6.07, 6.45) is 0. The van der Waals surface area contributed by atoms with Crippen molar-refractivity contribution in [2.45, 2.75) is 19.9 Å². The number of quaternary nitrogens is 1. The van der Waals surface area contributed by atoms with Crippen LogP contribution in [0.1, 0.15) is 27.6 Å². The van der Waals surface area contributed by atoms with Crippen molar-refractivity contribution in [2.24, 2.45) is 0 Å². The Morgan fingerprint density at radius 3 is 2.53 bits per heavy atom. The lowest BCUT2D eigenvalue weighted by molar-refractivity contribution is -0.676. The second-order valence-corrected chi connectivity index (χ2v) is 8.44. The normalized spacial score (nSPS) is 11.7. The maximum atomic E-state index is 12.7. The van der Waals surface area contributed by atoms with E-state index in [1.54, 1.807) is 18.4 Å². The van der Waals surface area contributed by atoms with Crippen LogP contribution in [0.15, 0.2) is 66.0 Å². The molecule has 3 rings (SSSR count). The van der Waals surface area contributed by atoms with Crippen LogP contribution in [-0.4, -0.2) is 36.9 Å². The Labute approximate surface area is 181 Å². The first-order chi connectivity index (χ1) is 14.4. The summed E-state index contributed by atoms with van der Waals surface area (Å²) < 4.78 is 0. The number of carbonyl (C=O) groups excluding carboxylic acids is 2. The van der Waals surface area contributed by atoms with Crippen LogP contribution in [0.2, 0.25) is 0 Å². The quantitative estimate of drug-likeness (QED) is 0.586. The van der Waals surface area contributed by atoms with Crippen LogP contribution in [0.5, 0.6) is 0 Å². The van der Waals surface area contributed by atoms with Gasteiger partial charge in [0.1, 0.15) is 6.04 Å². The third-order valence-corrected chi connectivity index (χ3v) is 5.97. The van der Waals surface area contributed by atoms with Gasteiger partial charge in [-0.15, -0.1) is 11.3 Å². The monoisotopic (exact) mass is 422 g/mol. The number of nitrogens with zero attached hydrogens (tertiary/aromatic N) is 1. The van der Waals surface area contributed by atoms with Gasteiger partial charge in [-0.1, -0.05) is 48.5 Å². The van der Waals surface area contributed by atoms with E-state index in [4.69, 9.17) is 0 Å². The molecule has 2 amide bonds. The second-order valence-electron chi connectivity index (χ2n) is 7.46. The predicted octanol–water partition coefficient (Wildman–Crippen LogP) is 3.11. The zero-order chi connectivity index (χ0) is 21.5. The molecule has 0 bridgehead atoms. The lowest BCUT2D eigenvalue weighted by Crippen LogP contribution is -2.87. The molecule has 0 fully saturated rings. The van der Waals surface area contributed by atoms with Gasteiger partial charge in [0.2, 0.25) is 5.91 Å². The van der Waals surface area contributed by atoms with Crippen molar-refractivity contribution in [3.8, 4) is 0 Å². The molecule has 0 saturated heterocycles. The van der Waals surface area contributed by atoms with Gasteiger partial charge >= 0.3 is 0 Å². The fraction of sp³-hybridized carbons (Fsp3) is 0.250. The Kier molecular flexibility index (Phi) is 7.38. The fourth-order valence-electron chi connectivity index (χ4n) is 3.28. The summed E-state index contributed by atoms with van der Waals surface area (Å²) in [4.78, 5) is 27.8. The van der Waals surface area contributed by atoms with E-state index in [2.05, 4.69) is 23.5 Å². The number of benzene rings is 2. The van der Waals surface area contributed by atoms with Crippen molar-refractivity contribution in [3.63, 3.8) is 0 Å². The molecule has 0 unspecified atom stereocenters. The number of hydrogen-bond acceptors (Lipinski definition) is 3. The predicted molar refractivity (Wildman–Crippen MR) is 122 cm³/mol. The van der Waals surface area contributed by atoms with Crippen molar-refractivity contribution in [2.75, 3.05) is 25.5 Å². The molecule has 156 valence electrons. The number of nitrogens with two attached hydrogens (primary N) is 1. The molecule has 1 aromatic heterocycles. The van der Waals surface area contributed by atoms with Crippen LogP contribution in [0.25, 0.3) is 0 Å². The van der Waals surface area contributed by atoms with Crippen molar-refractivity contribution in [3.05, 3.63) is 87.6 Å². The highest BCUT2D eigenvalue weighted by atomic mass is 32.1. The largest absolute Gasteiger partial charge is 0.332 e. The van der Waals surface area contributed by atoms with E-state index in [9.17, 15) is 9.59 Å². The molecule has 30 heavy (non-hydrogen) atoms. The first-order valence-electron chi connectivity index (χ1n) is 9.97. The average molecular weight is 423 g/mol. The molecule has 5 nitrogen and oxygen atoms in total. The number of likely N-dealkylation sites (N-methyl/N-ethyl adjacent to an activating group) is 1. The van der Waals surface area contributed by atoms with Crippen LogP contribution in [0.3, 0.4) is 0 Å². The number of rotatable bonds is 8. The van der Waals surface area contributed by atoms with Crippen molar-refractivity contribution < 1.29 is 14.9 Å². The Hall–Kier alpha value is -2.96. The highest BCUT2D eigenvalue weighted by Gasteiger charge is 2.22. The second kappa shape index (κ2) is 10.2. The Morgan fingerprint density at radius 1 is 1.07 bits per heavy atom. The molecular formula is C24H28N3O2S+. The van der Waals surface area contributed by atoms with Gasteiger partial charge in [0.15, 0.2) is 6.54 Å². The molecular weight excluding hydrogens is 394 g/mol. The van der Waals surface area contributed by atoms with Crippen LogP contribution in [0, 0.1) is 13.8 Å². The molecule has 2 aromatic carbocycles. The van der Waals surface area contributed by atoms with Gasteiger partial charge in [-0.05, 0) is 42.5 Å². The minimum absolute atomic E-state index is 0.0229. The third kappa shape index (κ3) is 5.78. The first kappa shape index (κ1) is 21.7. The Bertz CT molecular complexity index is 987. The number of thiophene rings is 1. The van der Waals surface area contributed by atoms with Crippen molar-refractivity contribution in [1.29, 1.82) is 0 Å². The number of anilines is 1. The molecule has 1 atom stereocenters. The Balaban J connectivity index is 1.58. The van der Waals surface area contributed by atoms with E-state index >= 15 is 0 Å². The standard InChI is InChI=1S/C24H27N3O2S/c1-17-11-12-18(2)20(14-17)26-22(28)16-27(3)23(29)15-25-24(21-10-7-13-30-21)19-8-5-4-6-9-19/h4-14,24-25H,15-16H2,1-3H3,(H,26,28)/p+1/t24-/m1/s1. The van der Waals surface area contributed by atoms with Crippen LogP contribution < -0.4 is 10.6 Å². The van der Waals surface area contributed by atoms with Gasteiger partial charge in [-0.2, -0.15) is 0 Å². The van der Waals surface area contributed by atoms with E-state index in [0.717, 1.165) is 22.4 Å². The summed E-state index contributed by atoms with van der Waals surface area (Å²) in [5, 5.41) is 6.99. The molecule has 3 N–H and O–H groups in total. The summed E-state index contributed by atoms with van der Waals surface area (Å²) >= 11 is 1.68. The van der Waals surface area contributed by atoms with Crippen LogP contribution >= 0.6 is 11.3 Å². The van der Waals surface area contributed by atoms with Crippen molar-refractivity contribution >= 4 is 28.8 Å². The number of aryl methyl sites for hydroxylation is 2. The van der Waals surface area contributed by atoms with E-state index < -0.39 is 0 Å². The van der Waals surface area contributed by atoms with Gasteiger partial charge in [-0.25, -0.2) is 0 Å². The van der Waals surface area contributed by atoms with Crippen molar-refractivity contribution in [1.82, 2.24) is 4.90 Å². The third-order valence-electron chi connectivity index (χ3n) is 5.01. The molecule has 0 saturated carbocycles. The minimum atomic E-state index is -0.197. The number of carbonyl (C=O) groups is 2.